The number of carboxylic acid groups (broad SMARTS) is 1. The molecule has 2 rings (SSSR count). The average molecular weight is 379 g/mol. The van der Waals surface area contributed by atoms with Crippen LogP contribution >= 0.6 is 0 Å². The van der Waals surface area contributed by atoms with Crippen LogP contribution in [0.1, 0.15) is 24.8 Å². The minimum absolute atomic E-state index is 0.0138. The van der Waals surface area contributed by atoms with Gasteiger partial charge in [0, 0.05) is 37.7 Å². The van der Waals surface area contributed by atoms with Gasteiger partial charge >= 0.3 is 12.0 Å². The van der Waals surface area contributed by atoms with Gasteiger partial charge in [-0.2, -0.15) is 0 Å². The van der Waals surface area contributed by atoms with E-state index in [9.17, 15) is 14.4 Å². The zero-order chi connectivity index (χ0) is 19.8. The van der Waals surface area contributed by atoms with E-state index < -0.39 is 18.0 Å². The van der Waals surface area contributed by atoms with Gasteiger partial charge in [0.2, 0.25) is 5.91 Å². The molecule has 9 heteroatoms. The lowest BCUT2D eigenvalue weighted by atomic mass is 10.1. The highest BCUT2D eigenvalue weighted by molar-refractivity contribution is 5.88. The molecule has 148 valence electrons. The van der Waals surface area contributed by atoms with Crippen LogP contribution in [0.25, 0.3) is 0 Å². The summed E-state index contributed by atoms with van der Waals surface area (Å²) in [4.78, 5) is 36.5. The second-order valence-electron chi connectivity index (χ2n) is 6.18. The Morgan fingerprint density at radius 1 is 1.30 bits per heavy atom. The molecule has 1 aromatic carbocycles. The van der Waals surface area contributed by atoms with Crippen LogP contribution in [-0.2, 0) is 16.1 Å². The first-order chi connectivity index (χ1) is 12.9. The average Bonchev–Trinajstić information content (AvgIpc) is 2.98. The summed E-state index contributed by atoms with van der Waals surface area (Å²) in [5.41, 5.74) is 0.852. The van der Waals surface area contributed by atoms with Crippen LogP contribution in [0.15, 0.2) is 18.2 Å². The van der Waals surface area contributed by atoms with Crippen LogP contribution in [0.5, 0.6) is 11.5 Å². The molecule has 3 N–H and O–H groups in total. The van der Waals surface area contributed by atoms with E-state index in [1.165, 1.54) is 0 Å². The molecule has 1 fully saturated rings. The Labute approximate surface area is 157 Å². The fourth-order valence-electron chi connectivity index (χ4n) is 2.87. The summed E-state index contributed by atoms with van der Waals surface area (Å²) in [6.45, 7) is 1.15. The summed E-state index contributed by atoms with van der Waals surface area (Å²) in [6, 6.07) is 4.35. The number of likely N-dealkylation sites (tertiary alicyclic amines) is 1. The number of nitrogens with one attached hydrogen (secondary N) is 2. The zero-order valence-corrected chi connectivity index (χ0v) is 15.5. The molecule has 0 bridgehead atoms. The number of urea groups is 1. The van der Waals surface area contributed by atoms with Crippen molar-refractivity contribution < 1.29 is 29.0 Å². The number of aliphatic carboxylic acids is 1. The summed E-state index contributed by atoms with van der Waals surface area (Å²) in [7, 11) is 3.13. The topological polar surface area (TPSA) is 117 Å². The van der Waals surface area contributed by atoms with Crippen LogP contribution in [0, 0.1) is 0 Å². The molecular formula is C18H25N3O6. The minimum atomic E-state index is -0.909. The Morgan fingerprint density at radius 2 is 2.07 bits per heavy atom. The molecule has 27 heavy (non-hydrogen) atoms. The predicted octanol–water partition coefficient (Wildman–Crippen LogP) is 0.969. The maximum atomic E-state index is 12.5. The third kappa shape index (κ3) is 5.77. The summed E-state index contributed by atoms with van der Waals surface area (Å²) < 4.78 is 10.5. The van der Waals surface area contributed by atoms with Gasteiger partial charge in [-0.1, -0.05) is 0 Å². The van der Waals surface area contributed by atoms with Crippen molar-refractivity contribution in [2.24, 2.45) is 0 Å². The summed E-state index contributed by atoms with van der Waals surface area (Å²) in [5, 5.41) is 13.8. The van der Waals surface area contributed by atoms with Gasteiger partial charge in [-0.15, -0.1) is 0 Å². The maximum Gasteiger partial charge on any atom is 0.315 e. The Balaban J connectivity index is 1.86. The lowest BCUT2D eigenvalue weighted by Gasteiger charge is -2.19. The van der Waals surface area contributed by atoms with Crippen LogP contribution in [0.2, 0.25) is 0 Å². The Morgan fingerprint density at radius 3 is 2.74 bits per heavy atom. The number of carbonyl (C=O) groups is 3. The van der Waals surface area contributed by atoms with Crippen molar-refractivity contribution >= 4 is 17.9 Å². The first-order valence-corrected chi connectivity index (χ1v) is 8.70. The van der Waals surface area contributed by atoms with E-state index in [1.54, 1.807) is 31.3 Å². The lowest BCUT2D eigenvalue weighted by molar-refractivity contribution is -0.137. The largest absolute Gasteiger partial charge is 0.497 e. The van der Waals surface area contributed by atoms with E-state index in [1.807, 2.05) is 6.07 Å². The SMILES string of the molecule is COc1ccc(CN2CCC(NC(=O)NCCCC(=O)O)C2=O)c(OC)c1. The monoisotopic (exact) mass is 379 g/mol. The number of rotatable bonds is 9. The summed E-state index contributed by atoms with van der Waals surface area (Å²) >= 11 is 0. The van der Waals surface area contributed by atoms with Crippen molar-refractivity contribution in [3.63, 3.8) is 0 Å². The fourth-order valence-corrected chi connectivity index (χ4v) is 2.87. The molecule has 1 aromatic rings. The van der Waals surface area contributed by atoms with E-state index in [0.29, 0.717) is 37.4 Å². The molecule has 1 aliphatic rings. The van der Waals surface area contributed by atoms with Gasteiger partial charge in [-0.05, 0) is 25.0 Å². The van der Waals surface area contributed by atoms with Gasteiger partial charge in [-0.25, -0.2) is 4.79 Å². The van der Waals surface area contributed by atoms with Crippen LogP contribution < -0.4 is 20.1 Å². The van der Waals surface area contributed by atoms with Gasteiger partial charge in [-0.3, -0.25) is 9.59 Å². The fraction of sp³-hybridized carbons (Fsp3) is 0.500. The molecule has 0 spiro atoms. The number of carbonyl (C=O) groups excluding carboxylic acids is 2. The molecule has 1 atom stereocenters. The predicted molar refractivity (Wildman–Crippen MR) is 96.8 cm³/mol. The van der Waals surface area contributed by atoms with Crippen molar-refractivity contribution in [3.8, 4) is 11.5 Å². The first kappa shape index (κ1) is 20.3. The number of carboxylic acids is 1. The Hall–Kier alpha value is -2.97. The number of hydrogen-bond acceptors (Lipinski definition) is 5. The van der Waals surface area contributed by atoms with Crippen LogP contribution in [-0.4, -0.2) is 61.3 Å². The van der Waals surface area contributed by atoms with Crippen molar-refractivity contribution in [2.45, 2.75) is 31.8 Å². The Bertz CT molecular complexity index is 694. The lowest BCUT2D eigenvalue weighted by Crippen LogP contribution is -2.46. The number of hydrogen-bond donors (Lipinski definition) is 3. The number of nitrogens with zero attached hydrogens (tertiary/aromatic N) is 1. The van der Waals surface area contributed by atoms with Crippen molar-refractivity contribution in [1.29, 1.82) is 0 Å². The van der Waals surface area contributed by atoms with Crippen molar-refractivity contribution in [2.75, 3.05) is 27.3 Å². The molecule has 1 heterocycles. The van der Waals surface area contributed by atoms with E-state index >= 15 is 0 Å². The van der Waals surface area contributed by atoms with Crippen LogP contribution in [0.3, 0.4) is 0 Å². The molecule has 1 unspecified atom stereocenters. The molecule has 0 radical (unpaired) electrons. The first-order valence-electron chi connectivity index (χ1n) is 8.70. The molecule has 0 saturated carbocycles. The van der Waals surface area contributed by atoms with E-state index in [-0.39, 0.29) is 18.9 Å². The van der Waals surface area contributed by atoms with Gasteiger partial charge in [0.1, 0.15) is 17.5 Å². The molecule has 1 aliphatic heterocycles. The molecular weight excluding hydrogens is 354 g/mol. The number of methoxy groups -OCH3 is 2. The third-order valence-corrected chi connectivity index (χ3v) is 4.31. The molecule has 1 saturated heterocycles. The van der Waals surface area contributed by atoms with E-state index in [0.717, 1.165) is 5.56 Å². The van der Waals surface area contributed by atoms with Crippen molar-refractivity contribution in [3.05, 3.63) is 23.8 Å². The second-order valence-corrected chi connectivity index (χ2v) is 6.18. The smallest absolute Gasteiger partial charge is 0.315 e. The zero-order valence-electron chi connectivity index (χ0n) is 15.5. The number of ether oxygens (including phenoxy) is 2. The third-order valence-electron chi connectivity index (χ3n) is 4.31. The highest BCUT2D eigenvalue weighted by atomic mass is 16.5. The molecule has 3 amide bonds. The van der Waals surface area contributed by atoms with E-state index in [4.69, 9.17) is 14.6 Å². The quantitative estimate of drug-likeness (QED) is 0.551. The van der Waals surface area contributed by atoms with Gasteiger partial charge in [0.05, 0.1) is 14.2 Å². The van der Waals surface area contributed by atoms with Crippen molar-refractivity contribution in [1.82, 2.24) is 15.5 Å². The second kappa shape index (κ2) is 9.65. The summed E-state index contributed by atoms with van der Waals surface area (Å²) in [5.74, 6) is 0.235. The highest BCUT2D eigenvalue weighted by Crippen LogP contribution is 2.27. The maximum absolute atomic E-state index is 12.5. The van der Waals surface area contributed by atoms with Gasteiger partial charge in [0.15, 0.2) is 0 Å². The minimum Gasteiger partial charge on any atom is -0.497 e. The normalized spacial score (nSPS) is 16.1. The Kier molecular flexibility index (Phi) is 7.27. The number of amides is 3. The van der Waals surface area contributed by atoms with Gasteiger partial charge < -0.3 is 30.1 Å². The van der Waals surface area contributed by atoms with E-state index in [2.05, 4.69) is 10.6 Å². The molecule has 0 aromatic heterocycles. The van der Waals surface area contributed by atoms with Crippen LogP contribution in [0.4, 0.5) is 4.79 Å². The highest BCUT2D eigenvalue weighted by Gasteiger charge is 2.33. The summed E-state index contributed by atoms with van der Waals surface area (Å²) in [6.07, 6.45) is 0.838. The molecule has 9 nitrogen and oxygen atoms in total. The number of benzene rings is 1. The molecule has 0 aliphatic carbocycles. The standard InChI is InChI=1S/C18H25N3O6/c1-26-13-6-5-12(15(10-13)27-2)11-21-9-7-14(17(21)24)20-18(25)19-8-3-4-16(22)23/h5-6,10,14H,3-4,7-9,11H2,1-2H3,(H,22,23)(H2,19,20,25). The van der Waals surface area contributed by atoms with Gasteiger partial charge in [0.25, 0.3) is 0 Å².